The molecule has 96 valence electrons. The van der Waals surface area contributed by atoms with Crippen LogP contribution in [0.5, 0.6) is 0 Å². The van der Waals surface area contributed by atoms with Gasteiger partial charge in [0.25, 0.3) is 0 Å². The zero-order valence-electron chi connectivity index (χ0n) is 10.7. The molecule has 2 unspecified atom stereocenters. The minimum Gasteiger partial charge on any atom is -0.480 e. The van der Waals surface area contributed by atoms with E-state index in [-0.39, 0.29) is 6.54 Å². The molecule has 0 aromatic heterocycles. The van der Waals surface area contributed by atoms with Gasteiger partial charge in [0.1, 0.15) is 0 Å². The van der Waals surface area contributed by atoms with Crippen LogP contribution in [0.25, 0.3) is 0 Å². The van der Waals surface area contributed by atoms with E-state index in [9.17, 15) is 4.79 Å². The van der Waals surface area contributed by atoms with Crippen LogP contribution in [0, 0.1) is 18.3 Å². The lowest BCUT2D eigenvalue weighted by Gasteiger charge is -2.27. The van der Waals surface area contributed by atoms with Crippen molar-refractivity contribution in [3.63, 3.8) is 0 Å². The van der Waals surface area contributed by atoms with Gasteiger partial charge in [0.2, 0.25) is 0 Å². The molecule has 0 bridgehead atoms. The lowest BCUT2D eigenvalue weighted by atomic mass is 9.97. The molecule has 0 heterocycles. The molecule has 0 aliphatic heterocycles. The van der Waals surface area contributed by atoms with Crippen molar-refractivity contribution in [2.45, 2.75) is 51.5 Å². The third-order valence-electron chi connectivity index (χ3n) is 3.78. The number of hydrogen-bond donors (Lipinski definition) is 1. The van der Waals surface area contributed by atoms with E-state index in [1.165, 1.54) is 25.7 Å². The van der Waals surface area contributed by atoms with Crippen molar-refractivity contribution in [2.24, 2.45) is 5.92 Å². The number of carbonyl (C=O) groups is 1. The Bertz CT molecular complexity index is 282. The van der Waals surface area contributed by atoms with E-state index in [1.807, 2.05) is 4.90 Å². The summed E-state index contributed by atoms with van der Waals surface area (Å²) in [7, 11) is 0. The first kappa shape index (κ1) is 14.1. The van der Waals surface area contributed by atoms with Gasteiger partial charge in [-0.1, -0.05) is 32.1 Å². The summed E-state index contributed by atoms with van der Waals surface area (Å²) < 4.78 is 0. The van der Waals surface area contributed by atoms with Crippen molar-refractivity contribution in [3.8, 4) is 12.3 Å². The molecule has 0 aromatic carbocycles. The lowest BCUT2D eigenvalue weighted by Crippen LogP contribution is -2.39. The third kappa shape index (κ3) is 4.79. The van der Waals surface area contributed by atoms with Crippen LogP contribution in [0.1, 0.15) is 45.4 Å². The molecule has 0 aromatic rings. The van der Waals surface area contributed by atoms with Crippen LogP contribution in [0.15, 0.2) is 0 Å². The standard InChI is InChI=1S/C14H23NO2/c1-3-10-15(11-14(16)17)13-7-5-6-12(4-2)8-9-13/h1,12-13H,4-11H2,2H3,(H,16,17). The summed E-state index contributed by atoms with van der Waals surface area (Å²) in [4.78, 5) is 12.8. The lowest BCUT2D eigenvalue weighted by molar-refractivity contribution is -0.138. The van der Waals surface area contributed by atoms with Crippen molar-refractivity contribution < 1.29 is 9.90 Å². The molecule has 0 spiro atoms. The van der Waals surface area contributed by atoms with E-state index in [1.54, 1.807) is 0 Å². The molecule has 1 saturated carbocycles. The smallest absolute Gasteiger partial charge is 0.317 e. The first-order valence-electron chi connectivity index (χ1n) is 6.56. The van der Waals surface area contributed by atoms with E-state index in [4.69, 9.17) is 11.5 Å². The first-order chi connectivity index (χ1) is 8.17. The summed E-state index contributed by atoms with van der Waals surface area (Å²) in [6.07, 6.45) is 12.4. The fourth-order valence-corrected chi connectivity index (χ4v) is 2.74. The molecule has 0 amide bonds. The molecule has 1 aliphatic rings. The van der Waals surface area contributed by atoms with E-state index in [0.29, 0.717) is 12.6 Å². The van der Waals surface area contributed by atoms with Gasteiger partial charge in [-0.25, -0.2) is 0 Å². The van der Waals surface area contributed by atoms with E-state index in [2.05, 4.69) is 12.8 Å². The van der Waals surface area contributed by atoms with Crippen molar-refractivity contribution in [1.82, 2.24) is 4.90 Å². The fraction of sp³-hybridized carbons (Fsp3) is 0.786. The number of carboxylic acid groups (broad SMARTS) is 1. The Morgan fingerprint density at radius 2 is 2.18 bits per heavy atom. The Labute approximate surface area is 104 Å². The number of carboxylic acids is 1. The zero-order valence-corrected chi connectivity index (χ0v) is 10.7. The Morgan fingerprint density at radius 1 is 1.41 bits per heavy atom. The Kier molecular flexibility index (Phi) is 6.07. The Hall–Kier alpha value is -1.01. The number of hydrogen-bond acceptors (Lipinski definition) is 2. The van der Waals surface area contributed by atoms with E-state index in [0.717, 1.165) is 18.8 Å². The Balaban J connectivity index is 2.55. The normalized spacial score (nSPS) is 25.2. The van der Waals surface area contributed by atoms with E-state index >= 15 is 0 Å². The third-order valence-corrected chi connectivity index (χ3v) is 3.78. The van der Waals surface area contributed by atoms with Crippen molar-refractivity contribution in [2.75, 3.05) is 13.1 Å². The predicted molar refractivity (Wildman–Crippen MR) is 68.7 cm³/mol. The molecule has 17 heavy (non-hydrogen) atoms. The maximum Gasteiger partial charge on any atom is 0.317 e. The van der Waals surface area contributed by atoms with Gasteiger partial charge in [0, 0.05) is 6.04 Å². The van der Waals surface area contributed by atoms with Crippen LogP contribution in [0.4, 0.5) is 0 Å². The number of aliphatic carboxylic acids is 1. The highest BCUT2D eigenvalue weighted by Crippen LogP contribution is 2.27. The topological polar surface area (TPSA) is 40.5 Å². The highest BCUT2D eigenvalue weighted by molar-refractivity contribution is 5.69. The molecule has 0 saturated heterocycles. The summed E-state index contributed by atoms with van der Waals surface area (Å²) >= 11 is 0. The van der Waals surface area contributed by atoms with Gasteiger partial charge in [0.05, 0.1) is 13.1 Å². The fourth-order valence-electron chi connectivity index (χ4n) is 2.74. The van der Waals surface area contributed by atoms with Gasteiger partial charge in [-0.2, -0.15) is 0 Å². The average Bonchev–Trinajstić information content (AvgIpc) is 2.53. The molecular formula is C14H23NO2. The summed E-state index contributed by atoms with van der Waals surface area (Å²) in [5.74, 6) is 2.61. The van der Waals surface area contributed by atoms with Crippen LogP contribution in [-0.4, -0.2) is 35.1 Å². The second-order valence-corrected chi connectivity index (χ2v) is 4.94. The maximum absolute atomic E-state index is 10.8. The second kappa shape index (κ2) is 7.34. The van der Waals surface area contributed by atoms with Crippen LogP contribution in [0.3, 0.4) is 0 Å². The minimum atomic E-state index is -0.781. The molecule has 2 atom stereocenters. The molecule has 1 N–H and O–H groups in total. The molecular weight excluding hydrogens is 214 g/mol. The van der Waals surface area contributed by atoms with E-state index < -0.39 is 5.97 Å². The van der Waals surface area contributed by atoms with Crippen LogP contribution >= 0.6 is 0 Å². The van der Waals surface area contributed by atoms with Crippen LogP contribution in [0.2, 0.25) is 0 Å². The predicted octanol–water partition coefficient (Wildman–Crippen LogP) is 2.37. The maximum atomic E-state index is 10.8. The van der Waals surface area contributed by atoms with Gasteiger partial charge in [-0.15, -0.1) is 6.42 Å². The van der Waals surface area contributed by atoms with Gasteiger partial charge >= 0.3 is 5.97 Å². The van der Waals surface area contributed by atoms with Gasteiger partial charge in [0.15, 0.2) is 0 Å². The van der Waals surface area contributed by atoms with Gasteiger partial charge in [-0.3, -0.25) is 9.69 Å². The van der Waals surface area contributed by atoms with Crippen LogP contribution in [-0.2, 0) is 4.79 Å². The zero-order chi connectivity index (χ0) is 12.7. The summed E-state index contributed by atoms with van der Waals surface area (Å²) in [5.41, 5.74) is 0. The molecule has 1 rings (SSSR count). The average molecular weight is 237 g/mol. The largest absolute Gasteiger partial charge is 0.480 e. The molecule has 3 heteroatoms. The molecule has 0 radical (unpaired) electrons. The molecule has 1 fully saturated rings. The van der Waals surface area contributed by atoms with Gasteiger partial charge < -0.3 is 5.11 Å². The van der Waals surface area contributed by atoms with Crippen molar-refractivity contribution in [1.29, 1.82) is 0 Å². The highest BCUT2D eigenvalue weighted by Gasteiger charge is 2.23. The van der Waals surface area contributed by atoms with Crippen molar-refractivity contribution in [3.05, 3.63) is 0 Å². The summed E-state index contributed by atoms with van der Waals surface area (Å²) in [6, 6.07) is 0.360. The van der Waals surface area contributed by atoms with Crippen molar-refractivity contribution >= 4 is 5.97 Å². The SMILES string of the molecule is C#CCN(CC(=O)O)C1CCCC(CC)CC1. The number of terminal acetylenes is 1. The number of rotatable bonds is 5. The molecule has 1 aliphatic carbocycles. The van der Waals surface area contributed by atoms with Crippen LogP contribution < -0.4 is 0 Å². The highest BCUT2D eigenvalue weighted by atomic mass is 16.4. The minimum absolute atomic E-state index is 0.0751. The molecule has 3 nitrogen and oxygen atoms in total. The van der Waals surface area contributed by atoms with Gasteiger partial charge in [-0.05, 0) is 25.2 Å². The first-order valence-corrected chi connectivity index (χ1v) is 6.56. The summed E-state index contributed by atoms with van der Waals surface area (Å²) in [5, 5.41) is 8.90. The summed E-state index contributed by atoms with van der Waals surface area (Å²) in [6.45, 7) is 2.76. The Morgan fingerprint density at radius 3 is 2.76 bits per heavy atom. The second-order valence-electron chi connectivity index (χ2n) is 4.94. The quantitative estimate of drug-likeness (QED) is 0.589. The number of nitrogens with zero attached hydrogens (tertiary/aromatic N) is 1. The monoisotopic (exact) mass is 237 g/mol.